The van der Waals surface area contributed by atoms with Gasteiger partial charge in [0.05, 0.1) is 18.7 Å². The van der Waals surface area contributed by atoms with Gasteiger partial charge in [0.2, 0.25) is 17.7 Å². The summed E-state index contributed by atoms with van der Waals surface area (Å²) in [4.78, 5) is 38.2. The molecule has 2 aromatic rings. The zero-order valence-electron chi connectivity index (χ0n) is 15.5. The Bertz CT molecular complexity index is 960. The van der Waals surface area contributed by atoms with Crippen LogP contribution in [-0.4, -0.2) is 31.4 Å². The molecule has 1 saturated heterocycles. The van der Waals surface area contributed by atoms with Crippen molar-refractivity contribution in [3.63, 3.8) is 0 Å². The largest absolute Gasteiger partial charge is 0.495 e. The van der Waals surface area contributed by atoms with Crippen LogP contribution in [0.15, 0.2) is 40.9 Å². The molecule has 0 aromatic heterocycles. The van der Waals surface area contributed by atoms with E-state index in [0.717, 1.165) is 15.7 Å². The minimum atomic E-state index is -0.606. The number of methoxy groups -OCH3 is 1. The van der Waals surface area contributed by atoms with E-state index >= 15 is 0 Å². The third-order valence-electron chi connectivity index (χ3n) is 4.69. The van der Waals surface area contributed by atoms with Crippen LogP contribution in [0.5, 0.6) is 5.75 Å². The first-order valence-electron chi connectivity index (χ1n) is 8.65. The highest BCUT2D eigenvalue weighted by molar-refractivity contribution is 9.10. The first-order chi connectivity index (χ1) is 13.3. The van der Waals surface area contributed by atoms with Gasteiger partial charge >= 0.3 is 0 Å². The van der Waals surface area contributed by atoms with Gasteiger partial charge in [-0.3, -0.25) is 14.4 Å². The van der Waals surface area contributed by atoms with Crippen LogP contribution in [-0.2, 0) is 9.59 Å². The third-order valence-corrected chi connectivity index (χ3v) is 5.58. The average Bonchev–Trinajstić information content (AvgIpc) is 3.05. The van der Waals surface area contributed by atoms with Gasteiger partial charge in [-0.15, -0.1) is 0 Å². The number of carbonyl (C=O) groups is 3. The van der Waals surface area contributed by atoms with Crippen molar-refractivity contribution in [2.75, 3.05) is 23.9 Å². The lowest BCUT2D eigenvalue weighted by atomic mass is 10.1. The summed E-state index contributed by atoms with van der Waals surface area (Å²) in [7, 11) is 1.46. The number of halogens is 1. The first-order valence-corrected chi connectivity index (χ1v) is 9.44. The number of ether oxygens (including phenoxy) is 1. The van der Waals surface area contributed by atoms with E-state index in [1.165, 1.54) is 19.2 Å². The summed E-state index contributed by atoms with van der Waals surface area (Å²) < 4.78 is 6.19. The Labute approximate surface area is 171 Å². The van der Waals surface area contributed by atoms with E-state index < -0.39 is 11.8 Å². The summed E-state index contributed by atoms with van der Waals surface area (Å²) in [5.41, 5.74) is 7.66. The van der Waals surface area contributed by atoms with Gasteiger partial charge in [-0.05, 0) is 48.9 Å². The Balaban J connectivity index is 1.77. The van der Waals surface area contributed by atoms with Crippen molar-refractivity contribution < 1.29 is 19.1 Å². The smallest absolute Gasteiger partial charge is 0.248 e. The average molecular weight is 446 g/mol. The summed E-state index contributed by atoms with van der Waals surface area (Å²) >= 11 is 3.44. The minimum absolute atomic E-state index is 0.110. The lowest BCUT2D eigenvalue weighted by Gasteiger charge is -2.18. The number of rotatable bonds is 5. The van der Waals surface area contributed by atoms with Crippen LogP contribution in [0.25, 0.3) is 0 Å². The number of carbonyl (C=O) groups excluding carboxylic acids is 3. The molecule has 1 aliphatic rings. The summed E-state index contributed by atoms with van der Waals surface area (Å²) in [6, 6.07) is 10.2. The van der Waals surface area contributed by atoms with Crippen molar-refractivity contribution in [2.24, 2.45) is 11.7 Å². The molecule has 3 rings (SSSR count). The summed E-state index contributed by atoms with van der Waals surface area (Å²) in [6.45, 7) is 2.22. The van der Waals surface area contributed by atoms with Gasteiger partial charge in [-0.1, -0.05) is 15.9 Å². The molecule has 2 aromatic carbocycles. The van der Waals surface area contributed by atoms with Crippen LogP contribution in [0, 0.1) is 12.8 Å². The van der Waals surface area contributed by atoms with E-state index in [1.807, 2.05) is 25.1 Å². The molecule has 1 aliphatic heterocycles. The van der Waals surface area contributed by atoms with E-state index in [4.69, 9.17) is 10.5 Å². The standard InChI is InChI=1S/C20H20BrN3O4/c1-11-7-14(4-5-15(11)21)24-10-13(9-18(24)25)20(27)23-16-8-12(19(22)26)3-6-17(16)28-2/h3-8,13H,9-10H2,1-2H3,(H2,22,26)(H,23,27). The predicted octanol–water partition coefficient (Wildman–Crippen LogP) is 2.86. The highest BCUT2D eigenvalue weighted by Crippen LogP contribution is 2.31. The second kappa shape index (κ2) is 8.02. The molecule has 0 radical (unpaired) electrons. The van der Waals surface area contributed by atoms with E-state index in [1.54, 1.807) is 11.0 Å². The minimum Gasteiger partial charge on any atom is -0.495 e. The van der Waals surface area contributed by atoms with Gasteiger partial charge in [0, 0.05) is 28.7 Å². The van der Waals surface area contributed by atoms with Gasteiger partial charge in [0.1, 0.15) is 5.75 Å². The number of hydrogen-bond donors (Lipinski definition) is 2. The second-order valence-electron chi connectivity index (χ2n) is 6.61. The molecule has 3 amide bonds. The molecule has 1 fully saturated rings. The highest BCUT2D eigenvalue weighted by atomic mass is 79.9. The zero-order valence-corrected chi connectivity index (χ0v) is 17.1. The lowest BCUT2D eigenvalue weighted by Crippen LogP contribution is -2.28. The predicted molar refractivity (Wildman–Crippen MR) is 109 cm³/mol. The molecule has 0 aliphatic carbocycles. The van der Waals surface area contributed by atoms with E-state index in [2.05, 4.69) is 21.2 Å². The molecular formula is C20H20BrN3O4. The maximum atomic E-state index is 12.7. The molecular weight excluding hydrogens is 426 g/mol. The molecule has 0 spiro atoms. The third kappa shape index (κ3) is 4.01. The Hall–Kier alpha value is -2.87. The fourth-order valence-corrected chi connectivity index (χ4v) is 3.37. The molecule has 28 heavy (non-hydrogen) atoms. The van der Waals surface area contributed by atoms with Crippen LogP contribution in [0.3, 0.4) is 0 Å². The van der Waals surface area contributed by atoms with Crippen molar-refractivity contribution in [1.82, 2.24) is 0 Å². The number of amides is 3. The van der Waals surface area contributed by atoms with E-state index in [-0.39, 0.29) is 30.3 Å². The number of nitrogens with two attached hydrogens (primary N) is 1. The summed E-state index contributed by atoms with van der Waals surface area (Å²) in [5.74, 6) is -1.14. The number of nitrogens with zero attached hydrogens (tertiary/aromatic N) is 1. The summed E-state index contributed by atoms with van der Waals surface area (Å²) in [5, 5.41) is 2.75. The molecule has 8 heteroatoms. The van der Waals surface area contributed by atoms with Gasteiger partial charge in [0.15, 0.2) is 0 Å². The molecule has 1 heterocycles. The van der Waals surface area contributed by atoms with Gasteiger partial charge in [0.25, 0.3) is 0 Å². The Morgan fingerprint density at radius 1 is 1.25 bits per heavy atom. The van der Waals surface area contributed by atoms with Crippen LogP contribution in [0.1, 0.15) is 22.3 Å². The Kier molecular flexibility index (Phi) is 5.69. The van der Waals surface area contributed by atoms with Crippen LogP contribution < -0.4 is 20.7 Å². The molecule has 0 bridgehead atoms. The fraction of sp³-hybridized carbons (Fsp3) is 0.250. The number of primary amides is 1. The van der Waals surface area contributed by atoms with Crippen molar-refractivity contribution in [3.8, 4) is 5.75 Å². The lowest BCUT2D eigenvalue weighted by molar-refractivity contribution is -0.122. The topological polar surface area (TPSA) is 102 Å². The fourth-order valence-electron chi connectivity index (χ4n) is 3.12. The number of nitrogens with one attached hydrogen (secondary N) is 1. The molecule has 1 atom stereocenters. The number of benzene rings is 2. The molecule has 1 unspecified atom stereocenters. The summed E-state index contributed by atoms with van der Waals surface area (Å²) in [6.07, 6.45) is 0.110. The molecule has 3 N–H and O–H groups in total. The number of anilines is 2. The Morgan fingerprint density at radius 3 is 2.64 bits per heavy atom. The first kappa shape index (κ1) is 19.9. The Morgan fingerprint density at radius 2 is 2.00 bits per heavy atom. The maximum Gasteiger partial charge on any atom is 0.248 e. The monoisotopic (exact) mass is 445 g/mol. The number of hydrogen-bond acceptors (Lipinski definition) is 4. The van der Waals surface area contributed by atoms with Gasteiger partial charge < -0.3 is 20.7 Å². The van der Waals surface area contributed by atoms with Gasteiger partial charge in [-0.2, -0.15) is 0 Å². The number of aryl methyl sites for hydroxylation is 1. The second-order valence-corrected chi connectivity index (χ2v) is 7.46. The SMILES string of the molecule is COc1ccc(C(N)=O)cc1NC(=O)C1CC(=O)N(c2ccc(Br)c(C)c2)C1. The van der Waals surface area contributed by atoms with Gasteiger partial charge in [-0.25, -0.2) is 0 Å². The van der Waals surface area contributed by atoms with Crippen LogP contribution in [0.4, 0.5) is 11.4 Å². The molecule has 146 valence electrons. The van der Waals surface area contributed by atoms with Crippen LogP contribution in [0.2, 0.25) is 0 Å². The van der Waals surface area contributed by atoms with Crippen molar-refractivity contribution in [1.29, 1.82) is 0 Å². The molecule has 7 nitrogen and oxygen atoms in total. The van der Waals surface area contributed by atoms with Crippen molar-refractivity contribution in [3.05, 3.63) is 52.0 Å². The van der Waals surface area contributed by atoms with Crippen LogP contribution >= 0.6 is 15.9 Å². The zero-order chi connectivity index (χ0) is 20.4. The highest BCUT2D eigenvalue weighted by Gasteiger charge is 2.35. The maximum absolute atomic E-state index is 12.7. The quantitative estimate of drug-likeness (QED) is 0.738. The normalized spacial score (nSPS) is 16.2. The van der Waals surface area contributed by atoms with E-state index in [9.17, 15) is 14.4 Å². The van der Waals surface area contributed by atoms with Crippen molar-refractivity contribution in [2.45, 2.75) is 13.3 Å². The van der Waals surface area contributed by atoms with E-state index in [0.29, 0.717) is 11.4 Å². The molecule has 0 saturated carbocycles. The van der Waals surface area contributed by atoms with Crippen molar-refractivity contribution >= 4 is 45.0 Å².